The highest BCUT2D eigenvalue weighted by molar-refractivity contribution is 9.10. The molecule has 86 valence electrons. The number of ketones is 1. The Morgan fingerprint density at radius 3 is 3.06 bits per heavy atom. The summed E-state index contributed by atoms with van der Waals surface area (Å²) < 4.78 is 1.09. The first-order valence-corrected chi connectivity index (χ1v) is 6.36. The van der Waals surface area contributed by atoms with Gasteiger partial charge in [-0.1, -0.05) is 35.0 Å². The van der Waals surface area contributed by atoms with Gasteiger partial charge in [-0.2, -0.15) is 0 Å². The van der Waals surface area contributed by atoms with Gasteiger partial charge in [0.25, 0.3) is 0 Å². The number of aliphatic hydroxyl groups excluding tert-OH is 1. The average molecular weight is 283 g/mol. The van der Waals surface area contributed by atoms with Crippen molar-refractivity contribution in [2.45, 2.75) is 25.7 Å². The molecule has 1 aromatic rings. The first-order chi connectivity index (χ1) is 7.65. The summed E-state index contributed by atoms with van der Waals surface area (Å²) in [6, 6.07) is 6.01. The van der Waals surface area contributed by atoms with Crippen molar-refractivity contribution in [1.29, 1.82) is 0 Å². The molecule has 2 atom stereocenters. The largest absolute Gasteiger partial charge is 0.396 e. The van der Waals surface area contributed by atoms with Crippen molar-refractivity contribution in [2.24, 2.45) is 5.92 Å². The molecule has 1 N–H and O–H groups in total. The number of hydrogen-bond acceptors (Lipinski definition) is 2. The average Bonchev–Trinajstić information content (AvgIpc) is 2.72. The molecule has 16 heavy (non-hydrogen) atoms. The Balaban J connectivity index is 2.30. The number of aliphatic hydroxyl groups is 1. The number of hydrogen-bond donors (Lipinski definition) is 1. The van der Waals surface area contributed by atoms with Crippen LogP contribution in [0.4, 0.5) is 0 Å². The second-order valence-corrected chi connectivity index (χ2v) is 5.24. The van der Waals surface area contributed by atoms with E-state index in [-0.39, 0.29) is 24.2 Å². The molecule has 3 heteroatoms. The van der Waals surface area contributed by atoms with Crippen molar-refractivity contribution < 1.29 is 9.90 Å². The molecule has 0 aromatic heterocycles. The molecule has 1 aromatic carbocycles. The third-order valence-corrected chi connectivity index (χ3v) is 4.06. The minimum atomic E-state index is -0.255. The van der Waals surface area contributed by atoms with Gasteiger partial charge in [0.2, 0.25) is 0 Å². The van der Waals surface area contributed by atoms with Gasteiger partial charge in [-0.15, -0.1) is 0 Å². The molecule has 0 fully saturated rings. The van der Waals surface area contributed by atoms with Crippen molar-refractivity contribution in [3.63, 3.8) is 0 Å². The number of carbonyl (C=O) groups is 1. The molecule has 1 aliphatic carbocycles. The zero-order valence-electron chi connectivity index (χ0n) is 9.24. The monoisotopic (exact) mass is 282 g/mol. The van der Waals surface area contributed by atoms with Gasteiger partial charge in [0.05, 0.1) is 6.61 Å². The molecule has 0 heterocycles. The fraction of sp³-hybridized carbons (Fsp3) is 0.462. The Bertz CT molecular complexity index is 414. The van der Waals surface area contributed by atoms with E-state index in [0.29, 0.717) is 0 Å². The first-order valence-electron chi connectivity index (χ1n) is 5.57. The van der Waals surface area contributed by atoms with E-state index in [0.717, 1.165) is 22.9 Å². The highest BCUT2D eigenvalue weighted by Crippen LogP contribution is 2.38. The molecular weight excluding hydrogens is 268 g/mol. The van der Waals surface area contributed by atoms with E-state index in [9.17, 15) is 4.79 Å². The van der Waals surface area contributed by atoms with Crippen LogP contribution in [0.5, 0.6) is 0 Å². The lowest BCUT2D eigenvalue weighted by Gasteiger charge is -2.14. The summed E-state index contributed by atoms with van der Waals surface area (Å²) >= 11 is 3.52. The summed E-state index contributed by atoms with van der Waals surface area (Å²) in [7, 11) is 0. The van der Waals surface area contributed by atoms with Crippen molar-refractivity contribution in [3.8, 4) is 0 Å². The molecule has 0 unspecified atom stereocenters. The zero-order chi connectivity index (χ0) is 11.7. The topological polar surface area (TPSA) is 37.3 Å². The van der Waals surface area contributed by atoms with Crippen LogP contribution in [0.3, 0.4) is 0 Å². The van der Waals surface area contributed by atoms with Crippen molar-refractivity contribution in [1.82, 2.24) is 0 Å². The van der Waals surface area contributed by atoms with Gasteiger partial charge in [-0.05, 0) is 30.0 Å². The van der Waals surface area contributed by atoms with Crippen LogP contribution in [-0.4, -0.2) is 17.5 Å². The maximum atomic E-state index is 12.1. The third-order valence-electron chi connectivity index (χ3n) is 3.32. The Morgan fingerprint density at radius 1 is 1.62 bits per heavy atom. The predicted octanol–water partition coefficient (Wildman–Crippen LogP) is 2.68. The van der Waals surface area contributed by atoms with Gasteiger partial charge in [-0.3, -0.25) is 4.79 Å². The lowest BCUT2D eigenvalue weighted by atomic mass is 9.90. The summed E-state index contributed by atoms with van der Waals surface area (Å²) in [5.41, 5.74) is 2.39. The molecular formula is C13H15BrO2. The number of carbonyl (C=O) groups excluding carboxylic acids is 1. The highest BCUT2D eigenvalue weighted by Gasteiger charge is 2.31. The minimum Gasteiger partial charge on any atom is -0.396 e. The highest BCUT2D eigenvalue weighted by atomic mass is 79.9. The molecule has 2 rings (SSSR count). The molecule has 0 amide bonds. The molecule has 2 nitrogen and oxygen atoms in total. The van der Waals surface area contributed by atoms with Crippen LogP contribution >= 0.6 is 15.9 Å². The fourth-order valence-electron chi connectivity index (χ4n) is 2.34. The molecule has 0 bridgehead atoms. The standard InChI is InChI=1S/C13H15BrO2/c1-8(7-15)13(16)11-6-5-10-9(11)3-2-4-12(10)14/h2-4,8,11,15H,5-7H2,1H3/t8-,11+/m1/s1. The van der Waals surface area contributed by atoms with E-state index in [1.165, 1.54) is 5.56 Å². The second-order valence-electron chi connectivity index (χ2n) is 4.38. The van der Waals surface area contributed by atoms with E-state index in [4.69, 9.17) is 5.11 Å². The van der Waals surface area contributed by atoms with E-state index in [1.807, 2.05) is 18.2 Å². The first kappa shape index (κ1) is 11.8. The van der Waals surface area contributed by atoms with Gasteiger partial charge in [-0.25, -0.2) is 0 Å². The van der Waals surface area contributed by atoms with Crippen LogP contribution in [-0.2, 0) is 11.2 Å². The Kier molecular flexibility index (Phi) is 3.45. The molecule has 0 saturated carbocycles. The summed E-state index contributed by atoms with van der Waals surface area (Å²) in [6.07, 6.45) is 1.83. The van der Waals surface area contributed by atoms with E-state index >= 15 is 0 Å². The Labute approximate surface area is 104 Å². The number of halogens is 1. The maximum Gasteiger partial charge on any atom is 0.145 e. The van der Waals surface area contributed by atoms with Crippen LogP contribution < -0.4 is 0 Å². The van der Waals surface area contributed by atoms with Gasteiger partial charge in [0.1, 0.15) is 5.78 Å². The lowest BCUT2D eigenvalue weighted by Crippen LogP contribution is -2.21. The quantitative estimate of drug-likeness (QED) is 0.926. The minimum absolute atomic E-state index is 0.0188. The Hall–Kier alpha value is -0.670. The van der Waals surface area contributed by atoms with Gasteiger partial charge >= 0.3 is 0 Å². The van der Waals surface area contributed by atoms with Crippen molar-refractivity contribution in [2.75, 3.05) is 6.61 Å². The lowest BCUT2D eigenvalue weighted by molar-refractivity contribution is -0.124. The van der Waals surface area contributed by atoms with E-state index in [2.05, 4.69) is 15.9 Å². The van der Waals surface area contributed by atoms with Crippen LogP contribution in [0, 0.1) is 5.92 Å². The number of benzene rings is 1. The second kappa shape index (κ2) is 4.68. The third kappa shape index (κ3) is 1.94. The SMILES string of the molecule is C[C@H](CO)C(=O)[C@H]1CCc2c(Br)cccc21. The van der Waals surface area contributed by atoms with Crippen molar-refractivity contribution in [3.05, 3.63) is 33.8 Å². The number of rotatable bonds is 3. The summed E-state index contributed by atoms with van der Waals surface area (Å²) in [6.45, 7) is 1.73. The Morgan fingerprint density at radius 2 is 2.38 bits per heavy atom. The van der Waals surface area contributed by atoms with Gasteiger partial charge < -0.3 is 5.11 Å². The molecule has 0 radical (unpaired) electrons. The predicted molar refractivity (Wildman–Crippen MR) is 66.5 cm³/mol. The van der Waals surface area contributed by atoms with Crippen LogP contribution in [0.15, 0.2) is 22.7 Å². The molecule has 0 saturated heterocycles. The smallest absolute Gasteiger partial charge is 0.145 e. The fourth-order valence-corrected chi connectivity index (χ4v) is 2.92. The normalized spacial score (nSPS) is 20.6. The molecule has 1 aliphatic rings. The van der Waals surface area contributed by atoms with Crippen LogP contribution in [0.2, 0.25) is 0 Å². The summed E-state index contributed by atoms with van der Waals surface area (Å²) in [5.74, 6) is -0.107. The molecule has 0 spiro atoms. The molecule has 0 aliphatic heterocycles. The number of Topliss-reactive ketones (excluding diaryl/α,β-unsaturated/α-hetero) is 1. The summed E-state index contributed by atoms with van der Waals surface area (Å²) in [4.78, 5) is 12.1. The van der Waals surface area contributed by atoms with Gasteiger partial charge in [0.15, 0.2) is 0 Å². The van der Waals surface area contributed by atoms with E-state index < -0.39 is 0 Å². The zero-order valence-corrected chi connectivity index (χ0v) is 10.8. The maximum absolute atomic E-state index is 12.1. The van der Waals surface area contributed by atoms with Gasteiger partial charge in [0, 0.05) is 16.3 Å². The summed E-state index contributed by atoms with van der Waals surface area (Å²) in [5, 5.41) is 9.04. The van der Waals surface area contributed by atoms with Crippen LogP contribution in [0.1, 0.15) is 30.4 Å². The van der Waals surface area contributed by atoms with Crippen LogP contribution in [0.25, 0.3) is 0 Å². The van der Waals surface area contributed by atoms with E-state index in [1.54, 1.807) is 6.92 Å². The van der Waals surface area contributed by atoms with Crippen molar-refractivity contribution >= 4 is 21.7 Å². The number of fused-ring (bicyclic) bond motifs is 1.